The molecule has 0 aliphatic rings. The lowest BCUT2D eigenvalue weighted by atomic mass is 10.1. The number of phosphoric acid groups is 1. The molecule has 9 nitrogen and oxygen atoms in total. The number of aliphatic hydroxyl groups excluding tert-OH is 1. The fourth-order valence-electron chi connectivity index (χ4n) is 1.44. The van der Waals surface area contributed by atoms with Gasteiger partial charge in [0.2, 0.25) is 0 Å². The van der Waals surface area contributed by atoms with Crippen LogP contribution in [0.5, 0.6) is 0 Å². The van der Waals surface area contributed by atoms with Crippen molar-refractivity contribution in [2.24, 2.45) is 0 Å². The molecule has 2 atom stereocenters. The third-order valence-corrected chi connectivity index (χ3v) is 4.60. The molecule has 2 unspecified atom stereocenters. The first kappa shape index (κ1) is 19.2. The summed E-state index contributed by atoms with van der Waals surface area (Å²) in [6.45, 7) is 0.752. The number of hydrogen-bond donors (Lipinski definition) is 6. The summed E-state index contributed by atoms with van der Waals surface area (Å²) in [5.74, 6) is 0. The predicted octanol–water partition coefficient (Wildman–Crippen LogP) is -0.0968. The van der Waals surface area contributed by atoms with Crippen LogP contribution in [0.2, 0.25) is 0 Å². The van der Waals surface area contributed by atoms with Gasteiger partial charge in [0.25, 0.3) is 0 Å². The first-order chi connectivity index (χ1) is 8.44. The molecule has 0 aromatic carbocycles. The summed E-state index contributed by atoms with van der Waals surface area (Å²) in [6, 6.07) is 0. The Labute approximate surface area is 110 Å². The molecule has 0 bridgehead atoms. The minimum Gasteiger partial charge on any atom is -0.387 e. The van der Waals surface area contributed by atoms with Crippen LogP contribution in [0.15, 0.2) is 0 Å². The second-order valence-corrected chi connectivity index (χ2v) is 7.28. The minimum absolute atomic E-state index is 0.241. The highest BCUT2D eigenvalue weighted by molar-refractivity contribution is 7.53. The highest BCUT2D eigenvalue weighted by Gasteiger charge is 2.51. The van der Waals surface area contributed by atoms with E-state index in [1.165, 1.54) is 0 Å². The van der Waals surface area contributed by atoms with Crippen molar-refractivity contribution in [3.8, 4) is 0 Å². The van der Waals surface area contributed by atoms with E-state index in [-0.39, 0.29) is 6.42 Å². The normalized spacial score (nSPS) is 18.1. The number of phosphoric ester groups is 1. The van der Waals surface area contributed by atoms with E-state index in [2.05, 4.69) is 4.52 Å². The van der Waals surface area contributed by atoms with Crippen molar-refractivity contribution in [3.05, 3.63) is 0 Å². The van der Waals surface area contributed by atoms with E-state index in [4.69, 9.17) is 19.6 Å². The molecule has 0 fully saturated rings. The first-order valence-electron chi connectivity index (χ1n) is 5.60. The van der Waals surface area contributed by atoms with Crippen LogP contribution in [0.1, 0.15) is 32.6 Å². The Balaban J connectivity index is 4.84. The van der Waals surface area contributed by atoms with Crippen molar-refractivity contribution in [3.63, 3.8) is 0 Å². The molecule has 116 valence electrons. The molecule has 0 aliphatic carbocycles. The smallest absolute Gasteiger partial charge is 0.387 e. The first-order valence-corrected chi connectivity index (χ1v) is 8.74. The predicted molar refractivity (Wildman–Crippen MR) is 65.1 cm³/mol. The van der Waals surface area contributed by atoms with Crippen LogP contribution in [-0.4, -0.2) is 47.8 Å². The molecule has 0 saturated heterocycles. The zero-order valence-electron chi connectivity index (χ0n) is 10.4. The maximum atomic E-state index is 11.2. The van der Waals surface area contributed by atoms with Gasteiger partial charge in [-0.15, -0.1) is 0 Å². The van der Waals surface area contributed by atoms with Gasteiger partial charge >= 0.3 is 15.4 Å². The van der Waals surface area contributed by atoms with Crippen LogP contribution in [0, 0.1) is 0 Å². The lowest BCUT2D eigenvalue weighted by molar-refractivity contribution is -0.0594. The van der Waals surface area contributed by atoms with E-state index in [0.717, 1.165) is 6.42 Å². The van der Waals surface area contributed by atoms with Gasteiger partial charge < -0.3 is 29.8 Å². The molecule has 0 heterocycles. The van der Waals surface area contributed by atoms with Crippen molar-refractivity contribution < 1.29 is 43.4 Å². The van der Waals surface area contributed by atoms with E-state index >= 15 is 0 Å². The van der Waals surface area contributed by atoms with Crippen LogP contribution in [0.25, 0.3) is 0 Å². The summed E-state index contributed by atoms with van der Waals surface area (Å²) in [5, 5.41) is 16.7. The number of rotatable bonds is 9. The zero-order chi connectivity index (χ0) is 15.3. The third kappa shape index (κ3) is 6.44. The van der Waals surface area contributed by atoms with E-state index in [9.17, 15) is 19.3 Å². The Morgan fingerprint density at radius 2 is 1.68 bits per heavy atom. The van der Waals surface area contributed by atoms with Crippen molar-refractivity contribution in [2.75, 3.05) is 6.61 Å². The maximum Gasteiger partial charge on any atom is 0.469 e. The summed E-state index contributed by atoms with van der Waals surface area (Å²) in [6.07, 6.45) is -0.972. The molecule has 0 aliphatic heterocycles. The Morgan fingerprint density at radius 1 is 1.16 bits per heavy atom. The topological polar surface area (TPSA) is 165 Å². The van der Waals surface area contributed by atoms with Crippen LogP contribution in [0.3, 0.4) is 0 Å². The molecule has 0 radical (unpaired) electrons. The second-order valence-electron chi connectivity index (χ2n) is 4.18. The third-order valence-electron chi connectivity index (χ3n) is 2.59. The Hall–Kier alpha value is 0.180. The summed E-state index contributed by atoms with van der Waals surface area (Å²) in [5.41, 5.74) is 0. The SMILES string of the molecule is CCCCCC(O)(C(O)COP(=O)(O)O)P(=O)(O)O. The van der Waals surface area contributed by atoms with Gasteiger partial charge in [0, 0.05) is 0 Å². The van der Waals surface area contributed by atoms with Crippen molar-refractivity contribution in [1.82, 2.24) is 0 Å². The van der Waals surface area contributed by atoms with Crippen LogP contribution >= 0.6 is 15.4 Å². The molecule has 0 saturated carbocycles. The fourth-order valence-corrected chi connectivity index (χ4v) is 2.69. The molecular weight excluding hydrogens is 302 g/mol. The zero-order valence-corrected chi connectivity index (χ0v) is 12.2. The maximum absolute atomic E-state index is 11.2. The van der Waals surface area contributed by atoms with Crippen molar-refractivity contribution in [2.45, 2.75) is 44.1 Å². The lowest BCUT2D eigenvalue weighted by Gasteiger charge is -2.33. The Morgan fingerprint density at radius 3 is 2.05 bits per heavy atom. The van der Waals surface area contributed by atoms with Gasteiger partial charge in [-0.25, -0.2) is 4.57 Å². The minimum atomic E-state index is -5.09. The van der Waals surface area contributed by atoms with E-state index < -0.39 is 39.9 Å². The molecular formula is C8H20O9P2. The molecule has 0 aromatic heterocycles. The van der Waals surface area contributed by atoms with Gasteiger partial charge in [-0.05, 0) is 12.8 Å². The van der Waals surface area contributed by atoms with E-state index in [0.29, 0.717) is 6.42 Å². The van der Waals surface area contributed by atoms with Crippen molar-refractivity contribution in [1.29, 1.82) is 0 Å². The molecule has 19 heavy (non-hydrogen) atoms. The Bertz CT molecular complexity index is 361. The summed E-state index contributed by atoms with van der Waals surface area (Å²) >= 11 is 0. The lowest BCUT2D eigenvalue weighted by Crippen LogP contribution is -2.44. The highest BCUT2D eigenvalue weighted by Crippen LogP contribution is 2.54. The second kappa shape index (κ2) is 7.26. The van der Waals surface area contributed by atoms with E-state index in [1.807, 2.05) is 6.92 Å². The quantitative estimate of drug-likeness (QED) is 0.251. The molecule has 0 rings (SSSR count). The van der Waals surface area contributed by atoms with Gasteiger partial charge in [0.15, 0.2) is 5.34 Å². The average molecular weight is 322 g/mol. The summed E-state index contributed by atoms with van der Waals surface area (Å²) < 4.78 is 25.7. The number of hydrogen-bond acceptors (Lipinski definition) is 5. The summed E-state index contributed by atoms with van der Waals surface area (Å²) in [4.78, 5) is 35.1. The monoisotopic (exact) mass is 322 g/mol. The van der Waals surface area contributed by atoms with Gasteiger partial charge in [-0.2, -0.15) is 0 Å². The number of aliphatic hydroxyl groups is 2. The molecule has 11 heteroatoms. The molecule has 0 aromatic rings. The highest BCUT2D eigenvalue weighted by atomic mass is 31.2. The van der Waals surface area contributed by atoms with Crippen LogP contribution in [-0.2, 0) is 13.7 Å². The largest absolute Gasteiger partial charge is 0.469 e. The van der Waals surface area contributed by atoms with Crippen molar-refractivity contribution >= 4 is 15.4 Å². The van der Waals surface area contributed by atoms with Crippen LogP contribution < -0.4 is 0 Å². The van der Waals surface area contributed by atoms with Crippen LogP contribution in [0.4, 0.5) is 0 Å². The Kier molecular flexibility index (Phi) is 7.33. The number of unbranched alkanes of at least 4 members (excludes halogenated alkanes) is 2. The average Bonchev–Trinajstić information content (AvgIpc) is 2.23. The van der Waals surface area contributed by atoms with E-state index in [1.54, 1.807) is 0 Å². The molecule has 6 N–H and O–H groups in total. The summed E-state index contributed by atoms with van der Waals surface area (Å²) in [7, 11) is -9.99. The standard InChI is InChI=1S/C8H20O9P2/c1-2-3-4-5-8(10,18(11,12)13)7(9)6-17-19(14,15)16/h7,9-10H,2-6H2,1H3,(H2,11,12,13)(H2,14,15,16). The van der Waals surface area contributed by atoms with Gasteiger partial charge in [0.1, 0.15) is 6.10 Å². The van der Waals surface area contributed by atoms with Gasteiger partial charge in [-0.3, -0.25) is 9.09 Å². The van der Waals surface area contributed by atoms with Gasteiger partial charge in [-0.1, -0.05) is 19.8 Å². The molecule has 0 amide bonds. The van der Waals surface area contributed by atoms with Gasteiger partial charge in [0.05, 0.1) is 6.61 Å². The molecule has 0 spiro atoms. The fraction of sp³-hybridized carbons (Fsp3) is 1.00.